The topological polar surface area (TPSA) is 67.5 Å². The Bertz CT molecular complexity index is 937. The Morgan fingerprint density at radius 1 is 1.39 bits per heavy atom. The SMILES string of the molecule is Cc1nc2c(C(=O)O)cnn2c(C)c1Cc1ccc(F)cc1Cl. The van der Waals surface area contributed by atoms with Gasteiger partial charge < -0.3 is 5.11 Å². The molecule has 0 saturated carbocycles. The van der Waals surface area contributed by atoms with Gasteiger partial charge in [0, 0.05) is 22.8 Å². The molecular weight excluding hydrogens is 321 g/mol. The van der Waals surface area contributed by atoms with Crippen LogP contribution in [0.3, 0.4) is 0 Å². The second-order valence-corrected chi connectivity index (χ2v) is 5.68. The van der Waals surface area contributed by atoms with E-state index in [9.17, 15) is 14.3 Å². The van der Waals surface area contributed by atoms with Crippen LogP contribution < -0.4 is 0 Å². The van der Waals surface area contributed by atoms with Crippen LogP contribution in [-0.2, 0) is 6.42 Å². The van der Waals surface area contributed by atoms with Crippen LogP contribution in [0.15, 0.2) is 24.4 Å². The van der Waals surface area contributed by atoms with Crippen molar-refractivity contribution in [3.63, 3.8) is 0 Å². The van der Waals surface area contributed by atoms with Crippen LogP contribution in [-0.4, -0.2) is 25.7 Å². The molecule has 23 heavy (non-hydrogen) atoms. The van der Waals surface area contributed by atoms with Crippen molar-refractivity contribution < 1.29 is 14.3 Å². The third kappa shape index (κ3) is 2.66. The van der Waals surface area contributed by atoms with Crippen molar-refractivity contribution in [1.29, 1.82) is 0 Å². The highest BCUT2D eigenvalue weighted by molar-refractivity contribution is 6.31. The first-order valence-corrected chi connectivity index (χ1v) is 7.27. The number of halogens is 2. The molecule has 118 valence electrons. The van der Waals surface area contributed by atoms with E-state index >= 15 is 0 Å². The summed E-state index contributed by atoms with van der Waals surface area (Å²) in [4.78, 5) is 15.6. The number of carboxylic acids is 1. The summed E-state index contributed by atoms with van der Waals surface area (Å²) in [5.74, 6) is -1.46. The normalized spacial score (nSPS) is 11.1. The maximum atomic E-state index is 13.2. The van der Waals surface area contributed by atoms with Crippen LogP contribution in [0.1, 0.15) is 32.9 Å². The summed E-state index contributed by atoms with van der Waals surface area (Å²) >= 11 is 6.09. The summed E-state index contributed by atoms with van der Waals surface area (Å²) in [6, 6.07) is 4.25. The number of hydrogen-bond donors (Lipinski definition) is 1. The first-order valence-electron chi connectivity index (χ1n) is 6.89. The maximum absolute atomic E-state index is 13.2. The van der Waals surface area contributed by atoms with Gasteiger partial charge in [0.2, 0.25) is 0 Å². The summed E-state index contributed by atoms with van der Waals surface area (Å²) < 4.78 is 14.7. The summed E-state index contributed by atoms with van der Waals surface area (Å²) in [6.07, 6.45) is 1.74. The van der Waals surface area contributed by atoms with E-state index < -0.39 is 5.97 Å². The van der Waals surface area contributed by atoms with Gasteiger partial charge >= 0.3 is 5.97 Å². The molecule has 0 unspecified atom stereocenters. The van der Waals surface area contributed by atoms with Gasteiger partial charge in [0.05, 0.1) is 6.20 Å². The third-order valence-corrected chi connectivity index (χ3v) is 4.17. The first-order chi connectivity index (χ1) is 10.9. The molecule has 0 aliphatic heterocycles. The van der Waals surface area contributed by atoms with Gasteiger partial charge in [0.25, 0.3) is 0 Å². The molecule has 0 aliphatic carbocycles. The van der Waals surface area contributed by atoms with Gasteiger partial charge in [-0.3, -0.25) is 0 Å². The molecule has 0 atom stereocenters. The number of aromatic carboxylic acids is 1. The van der Waals surface area contributed by atoms with Crippen molar-refractivity contribution in [2.75, 3.05) is 0 Å². The second kappa shape index (κ2) is 5.62. The highest BCUT2D eigenvalue weighted by Gasteiger charge is 2.18. The predicted molar refractivity (Wildman–Crippen MR) is 83.6 cm³/mol. The Morgan fingerprint density at radius 3 is 2.78 bits per heavy atom. The Labute approximate surface area is 136 Å². The molecule has 0 fully saturated rings. The number of aryl methyl sites for hydroxylation is 2. The number of fused-ring (bicyclic) bond motifs is 1. The number of nitrogens with zero attached hydrogens (tertiary/aromatic N) is 3. The van der Waals surface area contributed by atoms with Crippen molar-refractivity contribution >= 4 is 23.2 Å². The molecule has 0 amide bonds. The monoisotopic (exact) mass is 333 g/mol. The molecular formula is C16H13ClFN3O2. The van der Waals surface area contributed by atoms with E-state index in [0.29, 0.717) is 22.8 Å². The number of carbonyl (C=O) groups is 1. The number of rotatable bonds is 3. The van der Waals surface area contributed by atoms with Gasteiger partial charge in [-0.1, -0.05) is 17.7 Å². The fraction of sp³-hybridized carbons (Fsp3) is 0.188. The van der Waals surface area contributed by atoms with E-state index in [0.717, 1.165) is 16.8 Å². The van der Waals surface area contributed by atoms with Gasteiger partial charge in [-0.05, 0) is 37.1 Å². The summed E-state index contributed by atoms with van der Waals surface area (Å²) in [6.45, 7) is 3.64. The quantitative estimate of drug-likeness (QED) is 0.797. The van der Waals surface area contributed by atoms with E-state index in [1.54, 1.807) is 13.0 Å². The van der Waals surface area contributed by atoms with Crippen molar-refractivity contribution in [3.8, 4) is 0 Å². The lowest BCUT2D eigenvalue weighted by molar-refractivity contribution is 0.0698. The molecule has 1 N–H and O–H groups in total. The summed E-state index contributed by atoms with van der Waals surface area (Å²) in [5, 5.41) is 13.6. The van der Waals surface area contributed by atoms with Crippen molar-refractivity contribution in [2.45, 2.75) is 20.3 Å². The van der Waals surface area contributed by atoms with E-state index in [-0.39, 0.29) is 11.4 Å². The number of carboxylic acid groups (broad SMARTS) is 1. The van der Waals surface area contributed by atoms with Gasteiger partial charge in [-0.25, -0.2) is 18.7 Å². The minimum atomic E-state index is -1.07. The van der Waals surface area contributed by atoms with Gasteiger partial charge in [-0.15, -0.1) is 0 Å². The zero-order valence-corrected chi connectivity index (χ0v) is 13.2. The minimum absolute atomic E-state index is 0.0579. The fourth-order valence-electron chi connectivity index (χ4n) is 2.57. The van der Waals surface area contributed by atoms with E-state index in [4.69, 9.17) is 11.6 Å². The largest absolute Gasteiger partial charge is 0.477 e. The number of aromatic nitrogens is 3. The highest BCUT2D eigenvalue weighted by atomic mass is 35.5. The molecule has 7 heteroatoms. The summed E-state index contributed by atoms with van der Waals surface area (Å²) in [5.41, 5.74) is 3.49. The second-order valence-electron chi connectivity index (χ2n) is 5.27. The van der Waals surface area contributed by atoms with Crippen molar-refractivity contribution in [3.05, 3.63) is 63.3 Å². The van der Waals surface area contributed by atoms with Gasteiger partial charge in [0.15, 0.2) is 5.65 Å². The molecule has 3 rings (SSSR count). The molecule has 0 saturated heterocycles. The molecule has 1 aromatic carbocycles. The van der Waals surface area contributed by atoms with E-state index in [1.807, 2.05) is 6.92 Å². The molecule has 3 aromatic rings. The third-order valence-electron chi connectivity index (χ3n) is 3.82. The van der Waals surface area contributed by atoms with E-state index in [1.165, 1.54) is 22.8 Å². The smallest absolute Gasteiger partial charge is 0.341 e. The standard InChI is InChI=1S/C16H13ClFN3O2/c1-8-12(5-10-3-4-11(18)6-14(10)17)9(2)21-15(20-8)13(7-19-21)16(22)23/h3-4,6-7H,5H2,1-2H3,(H,22,23). The lowest BCUT2D eigenvalue weighted by atomic mass is 10.0. The average molecular weight is 334 g/mol. The van der Waals surface area contributed by atoms with Crippen LogP contribution >= 0.6 is 11.6 Å². The van der Waals surface area contributed by atoms with Crippen LogP contribution in [0.25, 0.3) is 5.65 Å². The zero-order valence-electron chi connectivity index (χ0n) is 12.5. The molecule has 0 bridgehead atoms. The Balaban J connectivity index is 2.13. The molecule has 0 spiro atoms. The molecule has 0 aliphatic rings. The van der Waals surface area contributed by atoms with Crippen LogP contribution in [0.5, 0.6) is 0 Å². The van der Waals surface area contributed by atoms with Crippen LogP contribution in [0.4, 0.5) is 4.39 Å². The lowest BCUT2D eigenvalue weighted by Gasteiger charge is -2.12. The Kier molecular flexibility index (Phi) is 3.77. The number of hydrogen-bond acceptors (Lipinski definition) is 3. The van der Waals surface area contributed by atoms with Gasteiger partial charge in [-0.2, -0.15) is 5.10 Å². The zero-order chi connectivity index (χ0) is 16.7. The van der Waals surface area contributed by atoms with E-state index in [2.05, 4.69) is 10.1 Å². The lowest BCUT2D eigenvalue weighted by Crippen LogP contribution is -2.08. The Morgan fingerprint density at radius 2 is 2.13 bits per heavy atom. The predicted octanol–water partition coefficient (Wildman–Crippen LogP) is 3.43. The molecule has 2 aromatic heterocycles. The maximum Gasteiger partial charge on any atom is 0.341 e. The van der Waals surface area contributed by atoms with Gasteiger partial charge in [0.1, 0.15) is 11.4 Å². The van der Waals surface area contributed by atoms with Crippen molar-refractivity contribution in [1.82, 2.24) is 14.6 Å². The summed E-state index contributed by atoms with van der Waals surface area (Å²) in [7, 11) is 0. The average Bonchev–Trinajstić information content (AvgIpc) is 2.89. The van der Waals surface area contributed by atoms with Crippen LogP contribution in [0.2, 0.25) is 5.02 Å². The van der Waals surface area contributed by atoms with Crippen molar-refractivity contribution in [2.24, 2.45) is 0 Å². The number of benzene rings is 1. The minimum Gasteiger partial charge on any atom is -0.477 e. The molecule has 0 radical (unpaired) electrons. The fourth-order valence-corrected chi connectivity index (χ4v) is 2.81. The van der Waals surface area contributed by atoms with Crippen LogP contribution in [0, 0.1) is 19.7 Å². The first kappa shape index (κ1) is 15.4. The molecule has 2 heterocycles. The Hall–Kier alpha value is -2.47. The molecule has 5 nitrogen and oxygen atoms in total. The highest BCUT2D eigenvalue weighted by Crippen LogP contribution is 2.24.